The zero-order valence-electron chi connectivity index (χ0n) is 12.3. The molecule has 1 aromatic carbocycles. The number of benzene rings is 1. The number of carbonyl (C=O) groups is 1. The van der Waals surface area contributed by atoms with E-state index in [1.54, 1.807) is 23.9 Å². The van der Waals surface area contributed by atoms with E-state index >= 15 is 0 Å². The molecule has 1 saturated heterocycles. The molecule has 0 spiro atoms. The molecule has 22 heavy (non-hydrogen) atoms. The number of fused-ring (bicyclic) bond motifs is 1. The highest BCUT2D eigenvalue weighted by molar-refractivity contribution is 8.00. The SMILES string of the molecule is Nc1cc2c(cc1NC(=O)CSCC1CCCCO1)OCO2. The summed E-state index contributed by atoms with van der Waals surface area (Å²) in [5.74, 6) is 2.37. The molecule has 3 rings (SSSR count). The summed E-state index contributed by atoms with van der Waals surface area (Å²) in [6.07, 6.45) is 3.72. The van der Waals surface area contributed by atoms with Gasteiger partial charge in [-0.3, -0.25) is 4.79 Å². The van der Waals surface area contributed by atoms with Crippen LogP contribution in [0.4, 0.5) is 11.4 Å². The molecule has 1 unspecified atom stereocenters. The molecule has 1 amide bonds. The van der Waals surface area contributed by atoms with Crippen molar-refractivity contribution in [1.82, 2.24) is 0 Å². The fourth-order valence-corrected chi connectivity index (χ4v) is 3.38. The molecule has 0 saturated carbocycles. The van der Waals surface area contributed by atoms with E-state index in [1.165, 1.54) is 6.42 Å². The van der Waals surface area contributed by atoms with Crippen molar-refractivity contribution in [3.8, 4) is 11.5 Å². The van der Waals surface area contributed by atoms with Crippen LogP contribution in [0.1, 0.15) is 19.3 Å². The first kappa shape index (κ1) is 15.3. The van der Waals surface area contributed by atoms with E-state index in [0.717, 1.165) is 25.2 Å². The van der Waals surface area contributed by atoms with Crippen molar-refractivity contribution in [3.05, 3.63) is 12.1 Å². The normalized spacial score (nSPS) is 19.9. The van der Waals surface area contributed by atoms with E-state index in [4.69, 9.17) is 19.9 Å². The summed E-state index contributed by atoms with van der Waals surface area (Å²) >= 11 is 1.58. The fraction of sp³-hybridized carbons (Fsp3) is 0.533. The van der Waals surface area contributed by atoms with Crippen LogP contribution >= 0.6 is 11.8 Å². The Kier molecular flexibility index (Phi) is 4.94. The lowest BCUT2D eigenvalue weighted by Gasteiger charge is -2.21. The van der Waals surface area contributed by atoms with Gasteiger partial charge >= 0.3 is 0 Å². The highest BCUT2D eigenvalue weighted by Crippen LogP contribution is 2.38. The van der Waals surface area contributed by atoms with E-state index in [2.05, 4.69) is 5.32 Å². The maximum Gasteiger partial charge on any atom is 0.234 e. The second-order valence-corrected chi connectivity index (χ2v) is 6.37. The van der Waals surface area contributed by atoms with E-state index < -0.39 is 0 Å². The smallest absolute Gasteiger partial charge is 0.234 e. The molecule has 0 radical (unpaired) electrons. The maximum absolute atomic E-state index is 12.0. The quantitative estimate of drug-likeness (QED) is 0.808. The Morgan fingerprint density at radius 1 is 1.32 bits per heavy atom. The standard InChI is InChI=1S/C15H20N2O4S/c16-11-5-13-14(21-9-20-13)6-12(11)17-15(18)8-22-7-10-3-1-2-4-19-10/h5-6,10H,1-4,7-9,16H2,(H,17,18). The lowest BCUT2D eigenvalue weighted by atomic mass is 10.1. The maximum atomic E-state index is 12.0. The second kappa shape index (κ2) is 7.11. The number of ether oxygens (including phenoxy) is 3. The van der Waals surface area contributed by atoms with Gasteiger partial charge < -0.3 is 25.3 Å². The topological polar surface area (TPSA) is 82.8 Å². The van der Waals surface area contributed by atoms with Crippen molar-refractivity contribution in [1.29, 1.82) is 0 Å². The number of anilines is 2. The molecule has 2 aliphatic rings. The zero-order valence-corrected chi connectivity index (χ0v) is 13.1. The number of hydrogen-bond acceptors (Lipinski definition) is 6. The third kappa shape index (κ3) is 3.78. The number of hydrogen-bond donors (Lipinski definition) is 2. The molecule has 7 heteroatoms. The van der Waals surface area contributed by atoms with Crippen LogP contribution in [0.2, 0.25) is 0 Å². The molecular weight excluding hydrogens is 304 g/mol. The van der Waals surface area contributed by atoms with E-state index in [-0.39, 0.29) is 18.8 Å². The number of nitrogens with one attached hydrogen (secondary N) is 1. The summed E-state index contributed by atoms with van der Waals surface area (Å²) in [6.45, 7) is 1.02. The van der Waals surface area contributed by atoms with Crippen LogP contribution in [0.25, 0.3) is 0 Å². The summed E-state index contributed by atoms with van der Waals surface area (Å²) < 4.78 is 16.2. The molecule has 0 bridgehead atoms. The Morgan fingerprint density at radius 3 is 2.91 bits per heavy atom. The lowest BCUT2D eigenvalue weighted by molar-refractivity contribution is -0.113. The van der Waals surface area contributed by atoms with Gasteiger partial charge in [-0.1, -0.05) is 0 Å². The molecule has 1 aromatic rings. The largest absolute Gasteiger partial charge is 0.454 e. The van der Waals surface area contributed by atoms with Crippen LogP contribution in [0, 0.1) is 0 Å². The highest BCUT2D eigenvalue weighted by Gasteiger charge is 2.18. The van der Waals surface area contributed by atoms with Crippen molar-refractivity contribution in [2.75, 3.05) is 36.0 Å². The zero-order chi connectivity index (χ0) is 15.4. The summed E-state index contributed by atoms with van der Waals surface area (Å²) in [5.41, 5.74) is 6.94. The Morgan fingerprint density at radius 2 is 2.14 bits per heavy atom. The third-order valence-corrected chi connectivity index (χ3v) is 4.70. The molecule has 2 heterocycles. The van der Waals surface area contributed by atoms with Crippen LogP contribution in [0.3, 0.4) is 0 Å². The van der Waals surface area contributed by atoms with Gasteiger partial charge in [0.15, 0.2) is 11.5 Å². The molecule has 120 valence electrons. The fourth-order valence-electron chi connectivity index (χ4n) is 2.47. The Hall–Kier alpha value is -1.60. The number of amides is 1. The van der Waals surface area contributed by atoms with E-state index in [9.17, 15) is 4.79 Å². The van der Waals surface area contributed by atoms with Gasteiger partial charge in [0, 0.05) is 24.5 Å². The van der Waals surface area contributed by atoms with Gasteiger partial charge in [0.05, 0.1) is 23.2 Å². The monoisotopic (exact) mass is 324 g/mol. The van der Waals surface area contributed by atoms with E-state index in [1.807, 2.05) is 0 Å². The van der Waals surface area contributed by atoms with Gasteiger partial charge in [-0.05, 0) is 19.3 Å². The first-order valence-electron chi connectivity index (χ1n) is 7.40. The number of nitrogens with two attached hydrogens (primary N) is 1. The second-order valence-electron chi connectivity index (χ2n) is 5.34. The molecule has 1 atom stereocenters. The third-order valence-electron chi connectivity index (χ3n) is 3.63. The first-order chi connectivity index (χ1) is 10.7. The molecule has 1 fully saturated rings. The summed E-state index contributed by atoms with van der Waals surface area (Å²) in [6, 6.07) is 3.37. The molecular formula is C15H20N2O4S. The Balaban J connectivity index is 1.47. The molecule has 0 aliphatic carbocycles. The molecule has 0 aromatic heterocycles. The summed E-state index contributed by atoms with van der Waals surface area (Å²) in [4.78, 5) is 12.0. The predicted octanol–water partition coefficient (Wildman–Crippen LogP) is 2.24. The van der Waals surface area contributed by atoms with Crippen molar-refractivity contribution >= 4 is 29.0 Å². The van der Waals surface area contributed by atoms with Crippen LogP contribution < -0.4 is 20.5 Å². The Labute approximate surface area is 133 Å². The number of thioether (sulfide) groups is 1. The molecule has 3 N–H and O–H groups in total. The average molecular weight is 324 g/mol. The van der Waals surface area contributed by atoms with Gasteiger partial charge in [-0.25, -0.2) is 0 Å². The first-order valence-corrected chi connectivity index (χ1v) is 8.56. The van der Waals surface area contributed by atoms with E-state index in [0.29, 0.717) is 28.6 Å². The number of rotatable bonds is 5. The molecule has 2 aliphatic heterocycles. The van der Waals surface area contributed by atoms with Crippen molar-refractivity contribution in [2.24, 2.45) is 0 Å². The van der Waals surface area contributed by atoms with Crippen LogP contribution in [0.15, 0.2) is 12.1 Å². The average Bonchev–Trinajstić information content (AvgIpc) is 2.96. The minimum Gasteiger partial charge on any atom is -0.454 e. The van der Waals surface area contributed by atoms with Gasteiger partial charge in [0.25, 0.3) is 0 Å². The van der Waals surface area contributed by atoms with Crippen LogP contribution in [-0.2, 0) is 9.53 Å². The van der Waals surface area contributed by atoms with Crippen molar-refractivity contribution in [2.45, 2.75) is 25.4 Å². The van der Waals surface area contributed by atoms with Crippen LogP contribution in [-0.4, -0.2) is 36.9 Å². The molecule has 6 nitrogen and oxygen atoms in total. The minimum atomic E-state index is -0.0774. The minimum absolute atomic E-state index is 0.0774. The van der Waals surface area contributed by atoms with Crippen molar-refractivity contribution in [3.63, 3.8) is 0 Å². The van der Waals surface area contributed by atoms with Gasteiger partial charge in [-0.2, -0.15) is 0 Å². The van der Waals surface area contributed by atoms with Gasteiger partial charge in [0.1, 0.15) is 0 Å². The number of nitrogen functional groups attached to an aromatic ring is 1. The van der Waals surface area contributed by atoms with Crippen molar-refractivity contribution < 1.29 is 19.0 Å². The van der Waals surface area contributed by atoms with Gasteiger partial charge in [-0.15, -0.1) is 11.8 Å². The summed E-state index contributed by atoms with van der Waals surface area (Å²) in [5, 5.41) is 2.82. The summed E-state index contributed by atoms with van der Waals surface area (Å²) in [7, 11) is 0. The lowest BCUT2D eigenvalue weighted by Crippen LogP contribution is -2.23. The highest BCUT2D eigenvalue weighted by atomic mass is 32.2. The van der Waals surface area contributed by atoms with Gasteiger partial charge in [0.2, 0.25) is 12.7 Å². The predicted molar refractivity (Wildman–Crippen MR) is 86.5 cm³/mol. The Bertz CT molecular complexity index is 547. The van der Waals surface area contributed by atoms with Crippen LogP contribution in [0.5, 0.6) is 11.5 Å². The number of carbonyl (C=O) groups excluding carboxylic acids is 1.